The summed E-state index contributed by atoms with van der Waals surface area (Å²) in [5, 5.41) is 8.95. The van der Waals surface area contributed by atoms with E-state index in [-0.39, 0.29) is 0 Å². The van der Waals surface area contributed by atoms with Crippen molar-refractivity contribution in [1.82, 2.24) is 15.1 Å². The van der Waals surface area contributed by atoms with E-state index in [0.717, 1.165) is 23.8 Å². The van der Waals surface area contributed by atoms with Gasteiger partial charge in [0.1, 0.15) is 0 Å². The molecular formula is C17H22ClN3. The standard InChI is InChI=1S/C17H22ClN3/c1-12(2)10-19-11-14-4-3-5-15(18)17(14)21-9-8-16(20-21)13-6-7-13/h3-5,8-9,12-13,19H,6-7,10-11H2,1-2H3. The Balaban J connectivity index is 1.84. The molecule has 3 rings (SSSR count). The van der Waals surface area contributed by atoms with E-state index in [1.54, 1.807) is 0 Å². The second-order valence-corrected chi connectivity index (χ2v) is 6.64. The number of para-hydroxylation sites is 1. The lowest BCUT2D eigenvalue weighted by Gasteiger charge is -2.13. The highest BCUT2D eigenvalue weighted by atomic mass is 35.5. The first-order chi connectivity index (χ1) is 10.1. The first kappa shape index (κ1) is 14.6. The average Bonchev–Trinajstić information content (AvgIpc) is 3.18. The van der Waals surface area contributed by atoms with Crippen molar-refractivity contribution in [2.75, 3.05) is 6.54 Å². The number of rotatable bonds is 6. The highest BCUT2D eigenvalue weighted by molar-refractivity contribution is 6.32. The zero-order valence-electron chi connectivity index (χ0n) is 12.6. The Kier molecular flexibility index (Phi) is 4.32. The van der Waals surface area contributed by atoms with Crippen molar-refractivity contribution in [3.05, 3.63) is 46.7 Å². The van der Waals surface area contributed by atoms with Crippen molar-refractivity contribution >= 4 is 11.6 Å². The van der Waals surface area contributed by atoms with Crippen LogP contribution in [0.25, 0.3) is 5.69 Å². The Hall–Kier alpha value is -1.32. The number of aromatic nitrogens is 2. The van der Waals surface area contributed by atoms with Gasteiger partial charge < -0.3 is 5.32 Å². The Morgan fingerprint density at radius 3 is 2.86 bits per heavy atom. The van der Waals surface area contributed by atoms with Crippen LogP contribution in [-0.2, 0) is 6.54 Å². The van der Waals surface area contributed by atoms with Crippen molar-refractivity contribution in [3.63, 3.8) is 0 Å². The molecule has 0 amide bonds. The molecule has 21 heavy (non-hydrogen) atoms. The van der Waals surface area contributed by atoms with Crippen LogP contribution in [0, 0.1) is 5.92 Å². The Bertz CT molecular complexity index is 614. The maximum Gasteiger partial charge on any atom is 0.0876 e. The highest BCUT2D eigenvalue weighted by Crippen LogP contribution is 2.39. The van der Waals surface area contributed by atoms with Gasteiger partial charge in [-0.1, -0.05) is 37.6 Å². The maximum atomic E-state index is 6.42. The molecule has 0 saturated heterocycles. The van der Waals surface area contributed by atoms with E-state index in [1.807, 2.05) is 23.0 Å². The molecule has 0 radical (unpaired) electrons. The first-order valence-electron chi connectivity index (χ1n) is 7.69. The van der Waals surface area contributed by atoms with Crippen LogP contribution < -0.4 is 5.32 Å². The zero-order chi connectivity index (χ0) is 14.8. The molecule has 2 aromatic rings. The number of hydrogen-bond acceptors (Lipinski definition) is 2. The smallest absolute Gasteiger partial charge is 0.0876 e. The van der Waals surface area contributed by atoms with Gasteiger partial charge in [0.25, 0.3) is 0 Å². The van der Waals surface area contributed by atoms with Crippen molar-refractivity contribution in [2.45, 2.75) is 39.2 Å². The molecule has 4 heteroatoms. The van der Waals surface area contributed by atoms with Crippen LogP contribution in [0.1, 0.15) is 43.9 Å². The number of halogens is 1. The van der Waals surface area contributed by atoms with Gasteiger partial charge in [-0.15, -0.1) is 0 Å². The quantitative estimate of drug-likeness (QED) is 0.869. The minimum absolute atomic E-state index is 0.638. The van der Waals surface area contributed by atoms with Crippen LogP contribution in [0.4, 0.5) is 0 Å². The van der Waals surface area contributed by atoms with Gasteiger partial charge in [0, 0.05) is 18.7 Å². The molecule has 1 N–H and O–H groups in total. The number of nitrogens with zero attached hydrogens (tertiary/aromatic N) is 2. The molecule has 0 bridgehead atoms. The number of benzene rings is 1. The average molecular weight is 304 g/mol. The van der Waals surface area contributed by atoms with Crippen molar-refractivity contribution in [3.8, 4) is 5.69 Å². The number of nitrogens with one attached hydrogen (secondary N) is 1. The fraction of sp³-hybridized carbons (Fsp3) is 0.471. The Labute approximate surface area is 131 Å². The third-order valence-corrected chi connectivity index (χ3v) is 4.08. The molecule has 1 aliphatic carbocycles. The van der Waals surface area contributed by atoms with Gasteiger partial charge in [0.2, 0.25) is 0 Å². The SMILES string of the molecule is CC(C)CNCc1cccc(Cl)c1-n1ccc(C2CC2)n1. The van der Waals surface area contributed by atoms with E-state index in [1.165, 1.54) is 24.1 Å². The summed E-state index contributed by atoms with van der Waals surface area (Å²) >= 11 is 6.42. The van der Waals surface area contributed by atoms with Gasteiger partial charge >= 0.3 is 0 Å². The molecule has 3 nitrogen and oxygen atoms in total. The fourth-order valence-electron chi connectivity index (χ4n) is 2.51. The van der Waals surface area contributed by atoms with Crippen LogP contribution in [0.3, 0.4) is 0 Å². The molecule has 1 heterocycles. The normalized spacial score (nSPS) is 14.9. The minimum Gasteiger partial charge on any atom is -0.312 e. The molecule has 1 aromatic heterocycles. The third kappa shape index (κ3) is 3.47. The van der Waals surface area contributed by atoms with E-state index >= 15 is 0 Å². The summed E-state index contributed by atoms with van der Waals surface area (Å²) < 4.78 is 1.93. The van der Waals surface area contributed by atoms with Crippen molar-refractivity contribution < 1.29 is 0 Å². The van der Waals surface area contributed by atoms with Gasteiger partial charge in [-0.05, 0) is 43.0 Å². The summed E-state index contributed by atoms with van der Waals surface area (Å²) in [6.07, 6.45) is 4.56. The van der Waals surface area contributed by atoms with Crippen LogP contribution in [-0.4, -0.2) is 16.3 Å². The van der Waals surface area contributed by atoms with Crippen molar-refractivity contribution in [1.29, 1.82) is 0 Å². The monoisotopic (exact) mass is 303 g/mol. The highest BCUT2D eigenvalue weighted by Gasteiger charge is 2.26. The van der Waals surface area contributed by atoms with Gasteiger partial charge in [-0.25, -0.2) is 4.68 Å². The topological polar surface area (TPSA) is 29.9 Å². The van der Waals surface area contributed by atoms with Crippen LogP contribution in [0.2, 0.25) is 5.02 Å². The van der Waals surface area contributed by atoms with E-state index in [0.29, 0.717) is 11.8 Å². The third-order valence-electron chi connectivity index (χ3n) is 3.77. The summed E-state index contributed by atoms with van der Waals surface area (Å²) in [5.41, 5.74) is 3.38. The predicted octanol–water partition coefficient (Wildman–Crippen LogP) is 4.15. The molecule has 1 fully saturated rings. The number of hydrogen-bond donors (Lipinski definition) is 1. The zero-order valence-corrected chi connectivity index (χ0v) is 13.4. The molecule has 0 atom stereocenters. The van der Waals surface area contributed by atoms with E-state index in [9.17, 15) is 0 Å². The fourth-order valence-corrected chi connectivity index (χ4v) is 2.79. The largest absolute Gasteiger partial charge is 0.312 e. The molecule has 0 unspecified atom stereocenters. The van der Waals surface area contributed by atoms with Gasteiger partial charge in [0.05, 0.1) is 16.4 Å². The van der Waals surface area contributed by atoms with Crippen LogP contribution >= 0.6 is 11.6 Å². The van der Waals surface area contributed by atoms with E-state index in [4.69, 9.17) is 16.7 Å². The lowest BCUT2D eigenvalue weighted by molar-refractivity contribution is 0.551. The van der Waals surface area contributed by atoms with E-state index in [2.05, 4.69) is 31.3 Å². The Morgan fingerprint density at radius 2 is 2.14 bits per heavy atom. The van der Waals surface area contributed by atoms with Crippen molar-refractivity contribution in [2.24, 2.45) is 5.92 Å². The lowest BCUT2D eigenvalue weighted by Crippen LogP contribution is -2.20. The lowest BCUT2D eigenvalue weighted by atomic mass is 10.1. The molecule has 1 saturated carbocycles. The molecular weight excluding hydrogens is 282 g/mol. The minimum atomic E-state index is 0.638. The molecule has 1 aromatic carbocycles. The second kappa shape index (κ2) is 6.20. The summed E-state index contributed by atoms with van der Waals surface area (Å²) in [6.45, 7) is 6.23. The molecule has 0 aliphatic heterocycles. The molecule has 0 spiro atoms. The summed E-state index contributed by atoms with van der Waals surface area (Å²) in [7, 11) is 0. The summed E-state index contributed by atoms with van der Waals surface area (Å²) in [6, 6.07) is 8.17. The van der Waals surface area contributed by atoms with Gasteiger partial charge in [-0.2, -0.15) is 5.10 Å². The van der Waals surface area contributed by atoms with Gasteiger partial charge in [0.15, 0.2) is 0 Å². The summed E-state index contributed by atoms with van der Waals surface area (Å²) in [4.78, 5) is 0. The van der Waals surface area contributed by atoms with Crippen LogP contribution in [0.15, 0.2) is 30.5 Å². The maximum absolute atomic E-state index is 6.42. The van der Waals surface area contributed by atoms with E-state index < -0.39 is 0 Å². The predicted molar refractivity (Wildman–Crippen MR) is 87.1 cm³/mol. The summed E-state index contributed by atoms with van der Waals surface area (Å²) in [5.74, 6) is 1.30. The first-order valence-corrected chi connectivity index (χ1v) is 8.07. The molecule has 112 valence electrons. The molecule has 1 aliphatic rings. The van der Waals surface area contributed by atoms with Gasteiger partial charge in [-0.3, -0.25) is 0 Å². The second-order valence-electron chi connectivity index (χ2n) is 6.23. The Morgan fingerprint density at radius 1 is 1.33 bits per heavy atom. The van der Waals surface area contributed by atoms with Crippen LogP contribution in [0.5, 0.6) is 0 Å².